The van der Waals surface area contributed by atoms with Crippen LogP contribution in [-0.2, 0) is 21.3 Å². The van der Waals surface area contributed by atoms with E-state index in [2.05, 4.69) is 37.2 Å². The van der Waals surface area contributed by atoms with Gasteiger partial charge in [-0.15, -0.1) is 0 Å². The summed E-state index contributed by atoms with van der Waals surface area (Å²) in [6.45, 7) is 3.67. The Morgan fingerprint density at radius 2 is 2.03 bits per heavy atom. The molecule has 0 radical (unpaired) electrons. The van der Waals surface area contributed by atoms with Gasteiger partial charge in [0, 0.05) is 29.1 Å². The van der Waals surface area contributed by atoms with Gasteiger partial charge in [0.05, 0.1) is 23.8 Å². The second-order valence-electron chi connectivity index (χ2n) is 7.53. The van der Waals surface area contributed by atoms with Gasteiger partial charge in [0.25, 0.3) is 0 Å². The van der Waals surface area contributed by atoms with E-state index < -0.39 is 10.0 Å². The second kappa shape index (κ2) is 10.9. The lowest BCUT2D eigenvalue weighted by Crippen LogP contribution is -2.24. The number of nitrogen functional groups attached to an aromatic ring is 1. The molecule has 0 saturated carbocycles. The van der Waals surface area contributed by atoms with E-state index in [1.54, 1.807) is 18.5 Å². The van der Waals surface area contributed by atoms with E-state index in [1.165, 1.54) is 31.6 Å². The van der Waals surface area contributed by atoms with Crippen LogP contribution in [0.1, 0.15) is 5.56 Å². The summed E-state index contributed by atoms with van der Waals surface area (Å²) < 4.78 is 35.3. The average molecular weight is 567 g/mol. The highest BCUT2D eigenvalue weighted by atomic mass is 79.9. The Balaban J connectivity index is 1.66. The molecule has 0 saturated heterocycles. The van der Waals surface area contributed by atoms with E-state index in [9.17, 15) is 8.42 Å². The number of ether oxygens (including phenoxy) is 1. The standard InChI is InChI=1S/C25H23BrN6O3S/c1-3-20(6-5-13-35-2)36(33,34)30-15-17-8-10-19(11-9-17)32-24(21-7-4-12-28-23(21)27)31-22-14-18(26)16-29-25(22)32/h3-14,16,30H,1,15H2,2H3,(H2,27,28)/b13-5+,20-6+. The highest BCUT2D eigenvalue weighted by molar-refractivity contribution is 9.10. The van der Waals surface area contributed by atoms with Gasteiger partial charge in [-0.1, -0.05) is 18.7 Å². The highest BCUT2D eigenvalue weighted by Crippen LogP contribution is 2.31. The van der Waals surface area contributed by atoms with Gasteiger partial charge in [-0.3, -0.25) is 4.57 Å². The summed E-state index contributed by atoms with van der Waals surface area (Å²) in [5.41, 5.74) is 9.71. The van der Waals surface area contributed by atoms with E-state index in [0.29, 0.717) is 28.4 Å². The number of hydrogen-bond acceptors (Lipinski definition) is 7. The van der Waals surface area contributed by atoms with Gasteiger partial charge < -0.3 is 10.5 Å². The minimum Gasteiger partial charge on any atom is -0.504 e. The number of nitrogens with zero attached hydrogens (tertiary/aromatic N) is 4. The van der Waals surface area contributed by atoms with Crippen molar-refractivity contribution in [3.05, 3.63) is 101 Å². The molecule has 9 nitrogen and oxygen atoms in total. The summed E-state index contributed by atoms with van der Waals surface area (Å²) in [6, 6.07) is 12.9. The Labute approximate surface area is 217 Å². The minimum atomic E-state index is -3.75. The van der Waals surface area contributed by atoms with Crippen LogP contribution in [0.15, 0.2) is 95.3 Å². The molecule has 0 aliphatic heterocycles. The Kier molecular flexibility index (Phi) is 7.63. The van der Waals surface area contributed by atoms with Crippen molar-refractivity contribution in [1.29, 1.82) is 0 Å². The van der Waals surface area contributed by atoms with Crippen molar-refractivity contribution in [3.8, 4) is 17.1 Å². The summed E-state index contributed by atoms with van der Waals surface area (Å²) in [6.07, 6.45) is 8.86. The molecule has 4 aromatic rings. The molecule has 184 valence electrons. The zero-order valence-electron chi connectivity index (χ0n) is 19.3. The molecule has 3 N–H and O–H groups in total. The number of pyridine rings is 2. The minimum absolute atomic E-state index is 0.0354. The highest BCUT2D eigenvalue weighted by Gasteiger charge is 2.18. The van der Waals surface area contributed by atoms with Crippen molar-refractivity contribution in [2.45, 2.75) is 6.54 Å². The molecule has 0 spiro atoms. The van der Waals surface area contributed by atoms with Crippen LogP contribution in [0.25, 0.3) is 28.2 Å². The van der Waals surface area contributed by atoms with Crippen LogP contribution in [0.3, 0.4) is 0 Å². The van der Waals surface area contributed by atoms with Crippen LogP contribution < -0.4 is 10.5 Å². The predicted molar refractivity (Wildman–Crippen MR) is 144 cm³/mol. The first kappa shape index (κ1) is 25.3. The first-order valence-corrected chi connectivity index (χ1v) is 13.0. The number of nitrogens with one attached hydrogen (secondary N) is 1. The molecular formula is C25H23BrN6O3S. The molecular weight excluding hydrogens is 544 g/mol. The topological polar surface area (TPSA) is 125 Å². The zero-order chi connectivity index (χ0) is 25.7. The zero-order valence-corrected chi connectivity index (χ0v) is 21.7. The second-order valence-corrected chi connectivity index (χ2v) is 10.2. The Morgan fingerprint density at radius 1 is 1.25 bits per heavy atom. The van der Waals surface area contributed by atoms with E-state index in [4.69, 9.17) is 15.5 Å². The number of nitrogens with two attached hydrogens (primary N) is 1. The molecule has 4 rings (SSSR count). The maximum absolute atomic E-state index is 12.6. The molecule has 0 amide bonds. The van der Waals surface area contributed by atoms with Gasteiger partial charge in [-0.25, -0.2) is 28.1 Å². The lowest BCUT2D eigenvalue weighted by Gasteiger charge is -2.11. The third-order valence-corrected chi connectivity index (χ3v) is 7.07. The van der Waals surface area contributed by atoms with Crippen LogP contribution in [-0.4, -0.2) is 35.0 Å². The number of aromatic nitrogens is 4. The Morgan fingerprint density at radius 3 is 2.72 bits per heavy atom. The Hall–Kier alpha value is -3.80. The summed E-state index contributed by atoms with van der Waals surface area (Å²) in [7, 11) is -2.27. The number of methoxy groups -OCH3 is 1. The number of imidazole rings is 1. The normalized spacial score (nSPS) is 12.3. The predicted octanol–water partition coefficient (Wildman–Crippen LogP) is 4.48. The lowest BCUT2D eigenvalue weighted by molar-refractivity contribution is 0.338. The van der Waals surface area contributed by atoms with Crippen molar-refractivity contribution in [2.24, 2.45) is 0 Å². The number of fused-ring (bicyclic) bond motifs is 1. The van der Waals surface area contributed by atoms with Crippen molar-refractivity contribution >= 4 is 42.9 Å². The van der Waals surface area contributed by atoms with E-state index in [0.717, 1.165) is 15.7 Å². The van der Waals surface area contributed by atoms with Crippen LogP contribution in [0.4, 0.5) is 5.82 Å². The molecule has 36 heavy (non-hydrogen) atoms. The third kappa shape index (κ3) is 5.38. The molecule has 0 fully saturated rings. The molecule has 3 heterocycles. The van der Waals surface area contributed by atoms with Gasteiger partial charge in [0.2, 0.25) is 10.0 Å². The molecule has 3 aromatic heterocycles. The summed E-state index contributed by atoms with van der Waals surface area (Å²) in [5, 5.41) is 0. The molecule has 0 aliphatic rings. The first-order chi connectivity index (χ1) is 17.3. The quantitative estimate of drug-likeness (QED) is 0.226. The molecule has 0 unspecified atom stereocenters. The number of rotatable bonds is 9. The van der Waals surface area contributed by atoms with Gasteiger partial charge >= 0.3 is 0 Å². The lowest BCUT2D eigenvalue weighted by atomic mass is 10.2. The smallest absolute Gasteiger partial charge is 0.240 e. The van der Waals surface area contributed by atoms with Crippen LogP contribution in [0, 0.1) is 0 Å². The van der Waals surface area contributed by atoms with Crippen LogP contribution in [0.5, 0.6) is 0 Å². The number of hydrogen-bond donors (Lipinski definition) is 2. The first-order valence-electron chi connectivity index (χ1n) is 10.7. The number of allylic oxidation sites excluding steroid dienone is 3. The van der Waals surface area contributed by atoms with E-state index >= 15 is 0 Å². The van der Waals surface area contributed by atoms with Gasteiger partial charge in [0.15, 0.2) is 11.5 Å². The van der Waals surface area contributed by atoms with Crippen LogP contribution in [0.2, 0.25) is 0 Å². The third-order valence-electron chi connectivity index (χ3n) is 5.19. The number of halogens is 1. The Bertz CT molecular complexity index is 1580. The summed E-state index contributed by atoms with van der Waals surface area (Å²) >= 11 is 3.44. The van der Waals surface area contributed by atoms with Crippen LogP contribution >= 0.6 is 15.9 Å². The van der Waals surface area contributed by atoms with Gasteiger partial charge in [-0.2, -0.15) is 0 Å². The summed E-state index contributed by atoms with van der Waals surface area (Å²) in [4.78, 5) is 13.5. The number of benzene rings is 1. The van der Waals surface area contributed by atoms with Gasteiger partial charge in [-0.05, 0) is 70.1 Å². The maximum atomic E-state index is 12.6. The fourth-order valence-electron chi connectivity index (χ4n) is 3.48. The largest absolute Gasteiger partial charge is 0.504 e. The number of sulfonamides is 1. The molecule has 11 heteroatoms. The fourth-order valence-corrected chi connectivity index (χ4v) is 4.80. The molecule has 0 atom stereocenters. The number of anilines is 1. The van der Waals surface area contributed by atoms with E-state index in [-0.39, 0.29) is 11.4 Å². The van der Waals surface area contributed by atoms with E-state index in [1.807, 2.05) is 41.0 Å². The van der Waals surface area contributed by atoms with Crippen molar-refractivity contribution in [2.75, 3.05) is 12.8 Å². The van der Waals surface area contributed by atoms with Crippen molar-refractivity contribution in [1.82, 2.24) is 24.2 Å². The van der Waals surface area contributed by atoms with Crippen molar-refractivity contribution in [3.63, 3.8) is 0 Å². The average Bonchev–Trinajstić information content (AvgIpc) is 3.24. The van der Waals surface area contributed by atoms with Gasteiger partial charge in [0.1, 0.15) is 11.3 Å². The maximum Gasteiger partial charge on any atom is 0.240 e. The molecule has 0 aliphatic carbocycles. The fraction of sp³-hybridized carbons (Fsp3) is 0.0800. The SMILES string of the molecule is C=C/C(=C\C=C\OC)S(=O)(=O)NCc1ccc(-n2c(-c3cccnc3N)nc3cc(Br)cnc32)cc1. The monoisotopic (exact) mass is 566 g/mol. The molecule has 0 bridgehead atoms. The molecule has 1 aromatic carbocycles. The van der Waals surface area contributed by atoms with Crippen molar-refractivity contribution < 1.29 is 13.2 Å². The summed E-state index contributed by atoms with van der Waals surface area (Å²) in [5.74, 6) is 0.949.